The van der Waals surface area contributed by atoms with Gasteiger partial charge in [0, 0.05) is 26.7 Å². The predicted octanol–water partition coefficient (Wildman–Crippen LogP) is 2.59. The summed E-state index contributed by atoms with van der Waals surface area (Å²) < 4.78 is 38.4. The van der Waals surface area contributed by atoms with E-state index in [1.165, 1.54) is 30.2 Å². The third kappa shape index (κ3) is 5.56. The number of aliphatic hydroxyl groups is 1. The summed E-state index contributed by atoms with van der Waals surface area (Å²) in [5.74, 6) is -0.580. The van der Waals surface area contributed by atoms with E-state index in [2.05, 4.69) is 6.58 Å². The van der Waals surface area contributed by atoms with Gasteiger partial charge in [-0.1, -0.05) is 18.7 Å². The van der Waals surface area contributed by atoms with Crippen molar-refractivity contribution in [2.24, 2.45) is 0 Å². The van der Waals surface area contributed by atoms with Crippen LogP contribution in [0.3, 0.4) is 0 Å². The zero-order valence-corrected chi connectivity index (χ0v) is 15.1. The molecule has 0 unspecified atom stereocenters. The van der Waals surface area contributed by atoms with E-state index in [4.69, 9.17) is 0 Å². The molecule has 27 heavy (non-hydrogen) atoms. The Kier molecular flexibility index (Phi) is 6.30. The molecule has 0 saturated carbocycles. The minimum Gasteiger partial charge on any atom is -0.389 e. The summed E-state index contributed by atoms with van der Waals surface area (Å²) in [6.07, 6.45) is -2.85. The zero-order valence-electron chi connectivity index (χ0n) is 15.1. The molecule has 1 heterocycles. The van der Waals surface area contributed by atoms with Crippen LogP contribution in [0, 0.1) is 0 Å². The van der Waals surface area contributed by atoms with Gasteiger partial charge in [0.15, 0.2) is 0 Å². The Morgan fingerprint density at radius 1 is 1.33 bits per heavy atom. The Morgan fingerprint density at radius 3 is 2.52 bits per heavy atom. The fourth-order valence-electron chi connectivity index (χ4n) is 3.07. The second-order valence-corrected chi connectivity index (χ2v) is 6.88. The lowest BCUT2D eigenvalue weighted by Gasteiger charge is -2.38. The van der Waals surface area contributed by atoms with Crippen molar-refractivity contribution in [3.05, 3.63) is 48.0 Å². The molecule has 8 heteroatoms. The quantitative estimate of drug-likeness (QED) is 0.794. The number of alkyl halides is 3. The highest BCUT2D eigenvalue weighted by Gasteiger charge is 2.36. The standard InChI is InChI=1S/C19H23F3N2O3/c1-3-16(25)24-9-7-18(27,8-10-24)12-17(26)23(2)13-14-5-4-6-15(11-14)19(20,21)22/h3-6,11,27H,1,7-10,12-13H2,2H3. The molecule has 1 fully saturated rings. The molecule has 1 aromatic rings. The Hall–Kier alpha value is -2.35. The van der Waals surface area contributed by atoms with Crippen LogP contribution < -0.4 is 0 Å². The fourth-order valence-corrected chi connectivity index (χ4v) is 3.07. The molecule has 2 rings (SSSR count). The first-order valence-electron chi connectivity index (χ1n) is 8.58. The highest BCUT2D eigenvalue weighted by molar-refractivity contribution is 5.87. The maximum atomic E-state index is 12.8. The van der Waals surface area contributed by atoms with E-state index >= 15 is 0 Å². The number of likely N-dealkylation sites (tertiary alicyclic amines) is 1. The van der Waals surface area contributed by atoms with Crippen molar-refractivity contribution in [2.45, 2.75) is 37.6 Å². The van der Waals surface area contributed by atoms with Crippen LogP contribution in [0.4, 0.5) is 13.2 Å². The Labute approximate surface area is 156 Å². The molecule has 0 spiro atoms. The molecule has 0 aliphatic carbocycles. The van der Waals surface area contributed by atoms with Gasteiger partial charge < -0.3 is 14.9 Å². The number of carbonyl (C=O) groups excluding carboxylic acids is 2. The van der Waals surface area contributed by atoms with Gasteiger partial charge in [0.2, 0.25) is 11.8 Å². The second kappa shape index (κ2) is 8.12. The molecule has 1 saturated heterocycles. The van der Waals surface area contributed by atoms with Gasteiger partial charge in [-0.3, -0.25) is 9.59 Å². The van der Waals surface area contributed by atoms with Crippen LogP contribution in [0.5, 0.6) is 0 Å². The third-order valence-corrected chi connectivity index (χ3v) is 4.76. The largest absolute Gasteiger partial charge is 0.416 e. The highest BCUT2D eigenvalue weighted by atomic mass is 19.4. The van der Waals surface area contributed by atoms with Crippen molar-refractivity contribution in [3.63, 3.8) is 0 Å². The second-order valence-electron chi connectivity index (χ2n) is 6.88. The van der Waals surface area contributed by atoms with Crippen molar-refractivity contribution in [2.75, 3.05) is 20.1 Å². The summed E-state index contributed by atoms with van der Waals surface area (Å²) >= 11 is 0. The maximum Gasteiger partial charge on any atom is 0.416 e. The number of nitrogens with zero attached hydrogens (tertiary/aromatic N) is 2. The average molecular weight is 384 g/mol. The molecular formula is C19H23F3N2O3. The minimum atomic E-state index is -4.44. The highest BCUT2D eigenvalue weighted by Crippen LogP contribution is 2.30. The number of amides is 2. The van der Waals surface area contributed by atoms with Crippen LogP contribution in [0.1, 0.15) is 30.4 Å². The number of benzene rings is 1. The topological polar surface area (TPSA) is 60.9 Å². The van der Waals surface area contributed by atoms with E-state index < -0.39 is 17.3 Å². The molecule has 148 valence electrons. The van der Waals surface area contributed by atoms with Crippen LogP contribution in [-0.2, 0) is 22.3 Å². The molecule has 0 atom stereocenters. The molecule has 0 radical (unpaired) electrons. The number of rotatable bonds is 5. The number of hydrogen-bond acceptors (Lipinski definition) is 3. The number of halogens is 3. The van der Waals surface area contributed by atoms with Gasteiger partial charge in [-0.15, -0.1) is 0 Å². The molecular weight excluding hydrogens is 361 g/mol. The van der Waals surface area contributed by atoms with Crippen molar-refractivity contribution in [3.8, 4) is 0 Å². The van der Waals surface area contributed by atoms with Gasteiger partial charge in [-0.2, -0.15) is 13.2 Å². The van der Waals surface area contributed by atoms with E-state index in [1.807, 2.05) is 0 Å². The van der Waals surface area contributed by atoms with E-state index in [1.54, 1.807) is 4.90 Å². The van der Waals surface area contributed by atoms with Gasteiger partial charge in [0.25, 0.3) is 0 Å². The summed E-state index contributed by atoms with van der Waals surface area (Å²) in [7, 11) is 1.49. The maximum absolute atomic E-state index is 12.8. The van der Waals surface area contributed by atoms with E-state index in [-0.39, 0.29) is 37.6 Å². The van der Waals surface area contributed by atoms with E-state index in [9.17, 15) is 27.9 Å². The Morgan fingerprint density at radius 2 is 1.96 bits per heavy atom. The first-order chi connectivity index (χ1) is 12.5. The number of carbonyl (C=O) groups is 2. The average Bonchev–Trinajstić information content (AvgIpc) is 2.61. The molecule has 2 amide bonds. The van der Waals surface area contributed by atoms with Gasteiger partial charge in [-0.05, 0) is 36.6 Å². The van der Waals surface area contributed by atoms with E-state index in [0.717, 1.165) is 12.1 Å². The summed E-state index contributed by atoms with van der Waals surface area (Å²) in [6, 6.07) is 4.81. The van der Waals surface area contributed by atoms with Crippen LogP contribution in [-0.4, -0.2) is 52.5 Å². The minimum absolute atomic E-state index is 0.0138. The monoisotopic (exact) mass is 384 g/mol. The molecule has 0 aromatic heterocycles. The lowest BCUT2D eigenvalue weighted by Crippen LogP contribution is -2.48. The van der Waals surface area contributed by atoms with Crippen molar-refractivity contribution in [1.82, 2.24) is 9.80 Å². The molecule has 1 N–H and O–H groups in total. The normalized spacial score (nSPS) is 16.7. The first-order valence-corrected chi connectivity index (χ1v) is 8.58. The Bertz CT molecular complexity index is 710. The summed E-state index contributed by atoms with van der Waals surface area (Å²) in [6.45, 7) is 4.08. The summed E-state index contributed by atoms with van der Waals surface area (Å²) in [5.41, 5.74) is -1.63. The van der Waals surface area contributed by atoms with Crippen LogP contribution in [0.2, 0.25) is 0 Å². The van der Waals surface area contributed by atoms with Crippen LogP contribution >= 0.6 is 0 Å². The Balaban J connectivity index is 1.94. The molecule has 1 aromatic carbocycles. The van der Waals surface area contributed by atoms with Crippen LogP contribution in [0.15, 0.2) is 36.9 Å². The van der Waals surface area contributed by atoms with Crippen molar-refractivity contribution in [1.29, 1.82) is 0 Å². The lowest BCUT2D eigenvalue weighted by molar-refractivity contribution is -0.139. The fraction of sp³-hybridized carbons (Fsp3) is 0.474. The number of hydrogen-bond donors (Lipinski definition) is 1. The smallest absolute Gasteiger partial charge is 0.389 e. The third-order valence-electron chi connectivity index (χ3n) is 4.76. The van der Waals surface area contributed by atoms with Crippen molar-refractivity contribution >= 4 is 11.8 Å². The zero-order chi connectivity index (χ0) is 20.2. The molecule has 1 aliphatic rings. The predicted molar refractivity (Wildman–Crippen MR) is 93.5 cm³/mol. The number of piperidine rings is 1. The van der Waals surface area contributed by atoms with E-state index in [0.29, 0.717) is 18.7 Å². The molecule has 1 aliphatic heterocycles. The summed E-state index contributed by atoms with van der Waals surface area (Å²) in [4.78, 5) is 26.9. The van der Waals surface area contributed by atoms with Gasteiger partial charge in [-0.25, -0.2) is 0 Å². The molecule has 5 nitrogen and oxygen atoms in total. The lowest BCUT2D eigenvalue weighted by atomic mass is 9.87. The van der Waals surface area contributed by atoms with Crippen molar-refractivity contribution < 1.29 is 27.9 Å². The first kappa shape index (κ1) is 21.0. The van der Waals surface area contributed by atoms with Gasteiger partial charge in [0.1, 0.15) is 0 Å². The van der Waals surface area contributed by atoms with Gasteiger partial charge >= 0.3 is 6.18 Å². The van der Waals surface area contributed by atoms with Gasteiger partial charge in [0.05, 0.1) is 17.6 Å². The van der Waals surface area contributed by atoms with Crippen LogP contribution in [0.25, 0.3) is 0 Å². The molecule has 0 bridgehead atoms. The SMILES string of the molecule is C=CC(=O)N1CCC(O)(CC(=O)N(C)Cc2cccc(C(F)(F)F)c2)CC1. The summed E-state index contributed by atoms with van der Waals surface area (Å²) in [5, 5.41) is 10.6.